The summed E-state index contributed by atoms with van der Waals surface area (Å²) in [5, 5.41) is 0. The van der Waals surface area contributed by atoms with Gasteiger partial charge in [-0.25, -0.2) is 4.98 Å². The van der Waals surface area contributed by atoms with Crippen molar-refractivity contribution in [1.82, 2.24) is 24.8 Å². The molecule has 174 valence electrons. The molecule has 0 aromatic carbocycles. The number of carbonyl (C=O) groups is 2. The predicted octanol–water partition coefficient (Wildman–Crippen LogP) is 2.92. The number of H-pyrrole nitrogens is 1. The van der Waals surface area contributed by atoms with E-state index in [4.69, 9.17) is 4.98 Å². The lowest BCUT2D eigenvalue weighted by atomic mass is 9.98. The van der Waals surface area contributed by atoms with E-state index in [9.17, 15) is 14.4 Å². The normalized spacial score (nSPS) is 21.2. The van der Waals surface area contributed by atoms with Crippen molar-refractivity contribution in [2.75, 3.05) is 13.1 Å². The zero-order valence-electron chi connectivity index (χ0n) is 19.2. The van der Waals surface area contributed by atoms with E-state index >= 15 is 0 Å². The summed E-state index contributed by atoms with van der Waals surface area (Å²) in [5.74, 6) is 0.774. The molecule has 0 unspecified atom stereocenters. The molecule has 1 atom stereocenters. The van der Waals surface area contributed by atoms with E-state index in [0.717, 1.165) is 50.6 Å². The first-order valence-electron chi connectivity index (χ1n) is 12.2. The molecule has 5 rings (SSSR count). The molecule has 2 aromatic rings. The van der Waals surface area contributed by atoms with Gasteiger partial charge in [-0.2, -0.15) is 0 Å². The third kappa shape index (κ3) is 4.18. The summed E-state index contributed by atoms with van der Waals surface area (Å²) in [6.45, 7) is 3.39. The third-order valence-electron chi connectivity index (χ3n) is 7.42. The number of likely N-dealkylation sites (tertiary alicyclic amines) is 1. The maximum absolute atomic E-state index is 13.3. The van der Waals surface area contributed by atoms with Crippen LogP contribution in [0.25, 0.3) is 0 Å². The average Bonchev–Trinajstić information content (AvgIpc) is 3.38. The Labute approximate surface area is 193 Å². The molecular formula is C25H31N5O3. The summed E-state index contributed by atoms with van der Waals surface area (Å²) < 4.78 is 0. The van der Waals surface area contributed by atoms with Gasteiger partial charge in [-0.15, -0.1) is 0 Å². The van der Waals surface area contributed by atoms with E-state index < -0.39 is 0 Å². The Morgan fingerprint density at radius 1 is 1.09 bits per heavy atom. The van der Waals surface area contributed by atoms with Crippen LogP contribution < -0.4 is 5.56 Å². The minimum atomic E-state index is -0.262. The Morgan fingerprint density at radius 3 is 2.67 bits per heavy atom. The van der Waals surface area contributed by atoms with Crippen molar-refractivity contribution < 1.29 is 9.59 Å². The van der Waals surface area contributed by atoms with Crippen molar-refractivity contribution >= 4 is 11.8 Å². The number of fused-ring (bicyclic) bond motifs is 1. The topological polar surface area (TPSA) is 99.3 Å². The minimum absolute atomic E-state index is 0.0704. The Balaban J connectivity index is 1.40. The highest BCUT2D eigenvalue weighted by Crippen LogP contribution is 2.32. The number of hydrogen-bond acceptors (Lipinski definition) is 5. The van der Waals surface area contributed by atoms with Crippen LogP contribution in [0.3, 0.4) is 0 Å². The van der Waals surface area contributed by atoms with Crippen LogP contribution in [0, 0.1) is 12.8 Å². The molecule has 2 aromatic heterocycles. The van der Waals surface area contributed by atoms with Gasteiger partial charge in [0.25, 0.3) is 11.5 Å². The van der Waals surface area contributed by atoms with E-state index in [1.54, 1.807) is 18.3 Å². The second-order valence-corrected chi connectivity index (χ2v) is 9.51. The lowest BCUT2D eigenvalue weighted by Gasteiger charge is -2.36. The van der Waals surface area contributed by atoms with Crippen LogP contribution in [0.15, 0.2) is 23.1 Å². The van der Waals surface area contributed by atoms with Gasteiger partial charge in [0.1, 0.15) is 5.82 Å². The molecule has 1 saturated heterocycles. The summed E-state index contributed by atoms with van der Waals surface area (Å²) in [7, 11) is 0. The van der Waals surface area contributed by atoms with Crippen molar-refractivity contribution in [1.29, 1.82) is 0 Å². The van der Waals surface area contributed by atoms with Crippen LogP contribution in [0.4, 0.5) is 0 Å². The number of piperidine rings is 1. The highest BCUT2D eigenvalue weighted by atomic mass is 16.2. The fourth-order valence-electron chi connectivity index (χ4n) is 5.55. The van der Waals surface area contributed by atoms with Crippen molar-refractivity contribution in [3.05, 3.63) is 57.0 Å². The molecular weight excluding hydrogens is 418 g/mol. The molecule has 0 bridgehead atoms. The van der Waals surface area contributed by atoms with E-state index in [1.807, 2.05) is 16.7 Å². The molecule has 2 amide bonds. The first kappa shape index (κ1) is 21.8. The van der Waals surface area contributed by atoms with E-state index in [1.165, 1.54) is 0 Å². The smallest absolute Gasteiger partial charge is 0.256 e. The highest BCUT2D eigenvalue weighted by Gasteiger charge is 2.34. The summed E-state index contributed by atoms with van der Waals surface area (Å²) in [6.07, 6.45) is 9.06. The molecule has 8 heteroatoms. The molecule has 1 aliphatic carbocycles. The van der Waals surface area contributed by atoms with Gasteiger partial charge in [0, 0.05) is 37.3 Å². The Hall–Kier alpha value is -3.03. The van der Waals surface area contributed by atoms with Crippen LogP contribution in [-0.4, -0.2) is 49.7 Å². The number of nitrogens with one attached hydrogen (secondary N) is 1. The van der Waals surface area contributed by atoms with Crippen LogP contribution in [0.2, 0.25) is 0 Å². The number of rotatable bonds is 3. The fourth-order valence-corrected chi connectivity index (χ4v) is 5.55. The number of nitrogens with zero attached hydrogens (tertiary/aromatic N) is 4. The Bertz CT molecular complexity index is 1120. The van der Waals surface area contributed by atoms with E-state index in [0.29, 0.717) is 48.7 Å². The average molecular weight is 450 g/mol. The quantitative estimate of drug-likeness (QED) is 0.777. The SMILES string of the molecule is Cc1ncccc1C(=O)N1CCCC[C@@H]1c1nc2c(c(=O)[nH]1)CN(C(=O)C1CCCC1)CC2. The number of hydrogen-bond donors (Lipinski definition) is 1. The van der Waals surface area contributed by atoms with Crippen LogP contribution in [0.5, 0.6) is 0 Å². The first-order valence-corrected chi connectivity index (χ1v) is 12.2. The van der Waals surface area contributed by atoms with Gasteiger partial charge in [0.15, 0.2) is 0 Å². The molecule has 33 heavy (non-hydrogen) atoms. The molecule has 0 radical (unpaired) electrons. The van der Waals surface area contributed by atoms with E-state index in [-0.39, 0.29) is 29.3 Å². The second-order valence-electron chi connectivity index (χ2n) is 9.51. The number of aromatic nitrogens is 3. The van der Waals surface area contributed by atoms with Crippen molar-refractivity contribution in [3.63, 3.8) is 0 Å². The third-order valence-corrected chi connectivity index (χ3v) is 7.42. The van der Waals surface area contributed by atoms with Crippen molar-refractivity contribution in [3.8, 4) is 0 Å². The predicted molar refractivity (Wildman–Crippen MR) is 123 cm³/mol. The van der Waals surface area contributed by atoms with E-state index in [2.05, 4.69) is 9.97 Å². The largest absolute Gasteiger partial charge is 0.337 e. The van der Waals surface area contributed by atoms with Crippen molar-refractivity contribution in [2.45, 2.75) is 70.9 Å². The lowest BCUT2D eigenvalue weighted by molar-refractivity contribution is -0.136. The van der Waals surface area contributed by atoms with Crippen LogP contribution in [0.1, 0.15) is 84.1 Å². The molecule has 0 spiro atoms. The number of carbonyl (C=O) groups excluding carboxylic acids is 2. The number of amides is 2. The van der Waals surface area contributed by atoms with Crippen LogP contribution >= 0.6 is 0 Å². The summed E-state index contributed by atoms with van der Waals surface area (Å²) in [4.78, 5) is 55.0. The Morgan fingerprint density at radius 2 is 1.88 bits per heavy atom. The van der Waals surface area contributed by atoms with Gasteiger partial charge in [-0.3, -0.25) is 19.4 Å². The monoisotopic (exact) mass is 449 g/mol. The molecule has 8 nitrogen and oxygen atoms in total. The molecule has 1 N–H and O–H groups in total. The van der Waals surface area contributed by atoms with Gasteiger partial charge >= 0.3 is 0 Å². The number of aryl methyl sites for hydroxylation is 1. The van der Waals surface area contributed by atoms with Gasteiger partial charge in [0.2, 0.25) is 5.91 Å². The summed E-state index contributed by atoms with van der Waals surface area (Å²) >= 11 is 0. The maximum atomic E-state index is 13.3. The van der Waals surface area contributed by atoms with Crippen molar-refractivity contribution in [2.24, 2.45) is 5.92 Å². The highest BCUT2D eigenvalue weighted by molar-refractivity contribution is 5.95. The zero-order chi connectivity index (χ0) is 22.9. The van der Waals surface area contributed by atoms with Gasteiger partial charge in [0.05, 0.1) is 29.4 Å². The van der Waals surface area contributed by atoms with Gasteiger partial charge in [-0.05, 0) is 51.2 Å². The number of aromatic amines is 1. The fraction of sp³-hybridized carbons (Fsp3) is 0.560. The Kier molecular flexibility index (Phi) is 6.00. The van der Waals surface area contributed by atoms with Gasteiger partial charge in [-0.1, -0.05) is 12.8 Å². The second kappa shape index (κ2) is 9.08. The molecule has 2 fully saturated rings. The summed E-state index contributed by atoms with van der Waals surface area (Å²) in [6, 6.07) is 3.31. The maximum Gasteiger partial charge on any atom is 0.256 e. The molecule has 3 aliphatic rings. The zero-order valence-corrected chi connectivity index (χ0v) is 19.2. The van der Waals surface area contributed by atoms with Gasteiger partial charge < -0.3 is 14.8 Å². The first-order chi connectivity index (χ1) is 16.0. The molecule has 4 heterocycles. The minimum Gasteiger partial charge on any atom is -0.337 e. The summed E-state index contributed by atoms with van der Waals surface area (Å²) in [5.41, 5.74) is 2.46. The molecule has 2 aliphatic heterocycles. The standard InChI is InChI=1S/C25H31N5O3/c1-16-18(9-6-12-26-16)25(33)30-13-5-4-10-21(30)22-27-20-11-14-29(15-19(20)23(31)28-22)24(32)17-7-2-3-8-17/h6,9,12,17,21H,2-5,7-8,10-11,13-15H2,1H3,(H,27,28,31)/t21-/m1/s1. The molecule has 1 saturated carbocycles. The number of pyridine rings is 1. The van der Waals surface area contributed by atoms with Crippen LogP contribution in [-0.2, 0) is 17.8 Å². The lowest BCUT2D eigenvalue weighted by Crippen LogP contribution is -2.43.